The number of rotatable bonds is 5. The molecule has 1 aliphatic carbocycles. The van der Waals surface area contributed by atoms with Crippen molar-refractivity contribution in [3.8, 4) is 35.6 Å². The third-order valence-corrected chi connectivity index (χ3v) is 5.04. The van der Waals surface area contributed by atoms with Gasteiger partial charge in [0.25, 0.3) is 5.91 Å². The Kier molecular flexibility index (Phi) is 6.39. The molecule has 0 saturated heterocycles. The number of aromatic nitrogens is 2. The second-order valence-corrected chi connectivity index (χ2v) is 7.88. The molecule has 0 unspecified atom stereocenters. The van der Waals surface area contributed by atoms with Crippen LogP contribution in [0.2, 0.25) is 0 Å². The molecule has 1 aliphatic rings. The molecule has 3 aromatic rings. The predicted molar refractivity (Wildman–Crippen MR) is 125 cm³/mol. The summed E-state index contributed by atoms with van der Waals surface area (Å²) in [4.78, 5) is 20.8. The summed E-state index contributed by atoms with van der Waals surface area (Å²) in [6.07, 6.45) is 3.43. The van der Waals surface area contributed by atoms with Crippen LogP contribution in [0.4, 0.5) is 11.6 Å². The summed E-state index contributed by atoms with van der Waals surface area (Å²) >= 11 is 0. The van der Waals surface area contributed by atoms with Gasteiger partial charge in [-0.3, -0.25) is 4.79 Å². The number of nitrogens with one attached hydrogen (secondary N) is 2. The molecule has 1 aromatic heterocycles. The van der Waals surface area contributed by atoms with Crippen molar-refractivity contribution in [3.05, 3.63) is 70.4 Å². The Morgan fingerprint density at radius 3 is 2.35 bits per heavy atom. The molecule has 2 N–H and O–H groups in total. The molecule has 4 rings (SSSR count). The van der Waals surface area contributed by atoms with Gasteiger partial charge in [0.1, 0.15) is 11.3 Å². The summed E-state index contributed by atoms with van der Waals surface area (Å²) in [5.74, 6) is 6.00. The lowest BCUT2D eigenvalue weighted by atomic mass is 10.1. The van der Waals surface area contributed by atoms with Crippen molar-refractivity contribution < 1.29 is 9.53 Å². The van der Waals surface area contributed by atoms with E-state index in [1.807, 2.05) is 13.8 Å². The van der Waals surface area contributed by atoms with Gasteiger partial charge >= 0.3 is 0 Å². The van der Waals surface area contributed by atoms with E-state index in [0.29, 0.717) is 28.1 Å². The van der Waals surface area contributed by atoms with Crippen LogP contribution in [0, 0.1) is 48.4 Å². The second kappa shape index (κ2) is 9.73. The van der Waals surface area contributed by atoms with Crippen molar-refractivity contribution in [2.45, 2.75) is 32.7 Å². The van der Waals surface area contributed by atoms with Crippen LogP contribution in [-0.4, -0.2) is 21.9 Å². The Morgan fingerprint density at radius 2 is 1.74 bits per heavy atom. The Balaban J connectivity index is 1.67. The van der Waals surface area contributed by atoms with Gasteiger partial charge in [0.05, 0.1) is 29.5 Å². The molecule has 0 spiro atoms. The van der Waals surface area contributed by atoms with Crippen LogP contribution >= 0.6 is 0 Å². The van der Waals surface area contributed by atoms with Gasteiger partial charge in [-0.15, -0.1) is 0 Å². The van der Waals surface area contributed by atoms with Gasteiger partial charge in [0, 0.05) is 17.6 Å². The van der Waals surface area contributed by atoms with E-state index in [2.05, 4.69) is 44.6 Å². The Labute approximate surface area is 197 Å². The molecule has 1 saturated carbocycles. The number of benzene rings is 2. The minimum atomic E-state index is -0.362. The lowest BCUT2D eigenvalue weighted by Crippen LogP contribution is -2.23. The SMILES string of the molecule is Cc1cc(C#N)cc(C)c1Oc1nc(Nc2ccc(C#N)cc2)ncc1C#CC(=O)NC1CC1. The van der Waals surface area contributed by atoms with Crippen LogP contribution in [0.5, 0.6) is 11.6 Å². The summed E-state index contributed by atoms with van der Waals surface area (Å²) in [7, 11) is 0. The lowest BCUT2D eigenvalue weighted by molar-refractivity contribution is -0.115. The number of amides is 1. The number of hydrogen-bond acceptors (Lipinski definition) is 7. The molecule has 0 aliphatic heterocycles. The van der Waals surface area contributed by atoms with Crippen LogP contribution in [0.25, 0.3) is 0 Å². The summed E-state index contributed by atoms with van der Waals surface area (Å²) < 4.78 is 6.13. The molecule has 1 amide bonds. The van der Waals surface area contributed by atoms with Gasteiger partial charge in [0.15, 0.2) is 0 Å². The van der Waals surface area contributed by atoms with E-state index in [4.69, 9.17) is 10.00 Å². The summed E-state index contributed by atoms with van der Waals surface area (Å²) in [5.41, 5.74) is 3.64. The quantitative estimate of drug-likeness (QED) is 0.565. The summed E-state index contributed by atoms with van der Waals surface area (Å²) in [6.45, 7) is 3.68. The van der Waals surface area contributed by atoms with E-state index >= 15 is 0 Å². The van der Waals surface area contributed by atoms with Crippen LogP contribution in [0.15, 0.2) is 42.6 Å². The van der Waals surface area contributed by atoms with Crippen LogP contribution in [-0.2, 0) is 4.79 Å². The van der Waals surface area contributed by atoms with E-state index < -0.39 is 0 Å². The lowest BCUT2D eigenvalue weighted by Gasteiger charge is -2.14. The first kappa shape index (κ1) is 22.3. The molecule has 0 bridgehead atoms. The van der Waals surface area contributed by atoms with Crippen LogP contribution < -0.4 is 15.4 Å². The van der Waals surface area contributed by atoms with Crippen molar-refractivity contribution in [3.63, 3.8) is 0 Å². The zero-order valence-corrected chi connectivity index (χ0v) is 18.6. The van der Waals surface area contributed by atoms with Crippen LogP contribution in [0.3, 0.4) is 0 Å². The molecular formula is C26H20N6O2. The highest BCUT2D eigenvalue weighted by atomic mass is 16.5. The zero-order valence-electron chi connectivity index (χ0n) is 18.6. The number of aryl methyl sites for hydroxylation is 2. The smallest absolute Gasteiger partial charge is 0.296 e. The highest BCUT2D eigenvalue weighted by molar-refractivity contribution is 5.94. The monoisotopic (exact) mass is 448 g/mol. The van der Waals surface area contributed by atoms with Crippen molar-refractivity contribution in [1.29, 1.82) is 10.5 Å². The Hall–Kier alpha value is -4.87. The van der Waals surface area contributed by atoms with Crippen LogP contribution in [0.1, 0.15) is 40.7 Å². The predicted octanol–water partition coefficient (Wildman–Crippen LogP) is 4.00. The maximum absolute atomic E-state index is 12.0. The van der Waals surface area contributed by atoms with Crippen molar-refractivity contribution in [1.82, 2.24) is 15.3 Å². The first-order valence-corrected chi connectivity index (χ1v) is 10.6. The van der Waals surface area contributed by atoms with E-state index in [1.54, 1.807) is 36.4 Å². The van der Waals surface area contributed by atoms with Crippen molar-refractivity contribution >= 4 is 17.5 Å². The van der Waals surface area contributed by atoms with Crippen molar-refractivity contribution in [2.75, 3.05) is 5.32 Å². The fraction of sp³-hybridized carbons (Fsp3) is 0.192. The Bertz CT molecular complexity index is 1380. The molecule has 0 radical (unpaired) electrons. The number of ether oxygens (including phenoxy) is 1. The molecule has 8 heteroatoms. The standard InChI is InChI=1S/C26H20N6O2/c1-16-11-19(14-28)12-17(2)24(16)34-25-20(5-10-23(33)30-21-8-9-21)15-29-26(32-25)31-22-6-3-18(13-27)4-7-22/h3-4,6-7,11-12,15,21H,8-9H2,1-2H3,(H,30,33)(H,29,31,32). The first-order chi connectivity index (χ1) is 16.4. The first-order valence-electron chi connectivity index (χ1n) is 10.6. The molecule has 1 fully saturated rings. The molecule has 2 aromatic carbocycles. The fourth-order valence-electron chi connectivity index (χ4n) is 3.19. The van der Waals surface area contributed by atoms with E-state index in [1.165, 1.54) is 6.20 Å². The van der Waals surface area contributed by atoms with Gasteiger partial charge in [0.2, 0.25) is 11.8 Å². The summed E-state index contributed by atoms with van der Waals surface area (Å²) in [6, 6.07) is 14.7. The number of anilines is 2. The molecule has 8 nitrogen and oxygen atoms in total. The average Bonchev–Trinajstić information content (AvgIpc) is 3.65. The highest BCUT2D eigenvalue weighted by Gasteiger charge is 2.22. The molecular weight excluding hydrogens is 428 g/mol. The third-order valence-electron chi connectivity index (χ3n) is 5.04. The normalized spacial score (nSPS) is 11.9. The molecule has 166 valence electrons. The van der Waals surface area contributed by atoms with Gasteiger partial charge in [-0.2, -0.15) is 15.5 Å². The Morgan fingerprint density at radius 1 is 1.06 bits per heavy atom. The minimum Gasteiger partial charge on any atom is -0.437 e. The molecule has 0 atom stereocenters. The maximum Gasteiger partial charge on any atom is 0.296 e. The number of carbonyl (C=O) groups excluding carboxylic acids is 1. The van der Waals surface area contributed by atoms with Gasteiger partial charge in [-0.05, 0) is 80.1 Å². The molecule has 34 heavy (non-hydrogen) atoms. The fourth-order valence-corrected chi connectivity index (χ4v) is 3.19. The van der Waals surface area contributed by atoms with Gasteiger partial charge < -0.3 is 15.4 Å². The van der Waals surface area contributed by atoms with E-state index in [0.717, 1.165) is 24.0 Å². The average molecular weight is 448 g/mol. The summed E-state index contributed by atoms with van der Waals surface area (Å²) in [5, 5.41) is 24.1. The second-order valence-electron chi connectivity index (χ2n) is 7.88. The number of nitrogens with zero attached hydrogens (tertiary/aromatic N) is 4. The number of carbonyl (C=O) groups is 1. The minimum absolute atomic E-state index is 0.175. The largest absolute Gasteiger partial charge is 0.437 e. The number of nitriles is 2. The highest BCUT2D eigenvalue weighted by Crippen LogP contribution is 2.31. The zero-order chi connectivity index (χ0) is 24.1. The molecule has 1 heterocycles. The van der Waals surface area contributed by atoms with Gasteiger partial charge in [-0.1, -0.05) is 0 Å². The van der Waals surface area contributed by atoms with E-state index in [9.17, 15) is 10.1 Å². The van der Waals surface area contributed by atoms with E-state index in [-0.39, 0.29) is 23.8 Å². The van der Waals surface area contributed by atoms with Crippen molar-refractivity contribution in [2.24, 2.45) is 0 Å². The van der Waals surface area contributed by atoms with Gasteiger partial charge in [-0.25, -0.2) is 4.98 Å². The maximum atomic E-state index is 12.0. The number of hydrogen-bond donors (Lipinski definition) is 2. The third kappa shape index (κ3) is 5.48. The topological polar surface area (TPSA) is 124 Å².